The van der Waals surface area contributed by atoms with Gasteiger partial charge in [0.2, 0.25) is 0 Å². The lowest BCUT2D eigenvalue weighted by Crippen LogP contribution is -2.33. The van der Waals surface area contributed by atoms with E-state index in [1.807, 2.05) is 13.0 Å². The van der Waals surface area contributed by atoms with Gasteiger partial charge in [0.05, 0.1) is 12.0 Å². The Bertz CT molecular complexity index is 557. The van der Waals surface area contributed by atoms with E-state index in [1.165, 1.54) is 6.92 Å². The third kappa shape index (κ3) is 3.47. The second-order valence-corrected chi connectivity index (χ2v) is 5.99. The van der Waals surface area contributed by atoms with E-state index in [-0.39, 0.29) is 0 Å². The number of esters is 2. The summed E-state index contributed by atoms with van der Waals surface area (Å²) in [6, 6.07) is 0. The molecule has 5 heteroatoms. The summed E-state index contributed by atoms with van der Waals surface area (Å²) in [5, 5.41) is 10.2. The fourth-order valence-corrected chi connectivity index (χ4v) is 2.90. The number of aliphatic hydroxyl groups excluding tert-OH is 1. The van der Waals surface area contributed by atoms with Crippen molar-refractivity contribution in [1.82, 2.24) is 0 Å². The number of hydrogen-bond donors (Lipinski definition) is 1. The van der Waals surface area contributed by atoms with E-state index >= 15 is 0 Å². The van der Waals surface area contributed by atoms with Crippen LogP contribution in [0, 0.1) is 5.92 Å². The number of rotatable bonds is 1. The number of carbonyl (C=O) groups excluding carboxylic acids is 2. The molecule has 1 fully saturated rings. The van der Waals surface area contributed by atoms with Crippen LogP contribution in [0.4, 0.5) is 0 Å². The molecule has 1 saturated heterocycles. The largest absolute Gasteiger partial charge is 0.458 e. The van der Waals surface area contributed by atoms with Crippen LogP contribution in [0.2, 0.25) is 0 Å². The van der Waals surface area contributed by atoms with Gasteiger partial charge in [-0.25, -0.2) is 4.79 Å². The number of ether oxygens (including phenoxy) is 2. The third-order valence-corrected chi connectivity index (χ3v) is 4.15. The van der Waals surface area contributed by atoms with E-state index in [9.17, 15) is 14.7 Å². The highest BCUT2D eigenvalue weighted by Crippen LogP contribution is 2.36. The maximum absolute atomic E-state index is 11.9. The highest BCUT2D eigenvalue weighted by Gasteiger charge is 2.44. The van der Waals surface area contributed by atoms with Gasteiger partial charge >= 0.3 is 11.9 Å². The molecule has 0 aromatic rings. The molecule has 0 aromatic heterocycles. The first-order chi connectivity index (χ1) is 10.3. The second kappa shape index (κ2) is 6.48. The van der Waals surface area contributed by atoms with Gasteiger partial charge in [0, 0.05) is 18.9 Å². The Morgan fingerprint density at radius 3 is 2.77 bits per heavy atom. The number of carbonyl (C=O) groups is 2. The molecule has 1 N–H and O–H groups in total. The molecule has 4 atom stereocenters. The van der Waals surface area contributed by atoms with Crippen molar-refractivity contribution in [3.63, 3.8) is 0 Å². The fourth-order valence-electron chi connectivity index (χ4n) is 2.90. The van der Waals surface area contributed by atoms with E-state index in [4.69, 9.17) is 9.47 Å². The van der Waals surface area contributed by atoms with Crippen molar-refractivity contribution in [2.24, 2.45) is 5.92 Å². The smallest absolute Gasteiger partial charge is 0.334 e. The van der Waals surface area contributed by atoms with E-state index in [1.54, 1.807) is 13.0 Å². The minimum Gasteiger partial charge on any atom is -0.458 e. The van der Waals surface area contributed by atoms with Crippen molar-refractivity contribution in [1.29, 1.82) is 0 Å². The van der Waals surface area contributed by atoms with Gasteiger partial charge in [-0.05, 0) is 31.9 Å². The van der Waals surface area contributed by atoms with Crippen LogP contribution >= 0.6 is 0 Å². The zero-order chi connectivity index (χ0) is 16.4. The first-order valence-corrected chi connectivity index (χ1v) is 7.38. The molecule has 0 radical (unpaired) electrons. The normalized spacial score (nSPS) is 32.5. The molecule has 0 amide bonds. The van der Waals surface area contributed by atoms with Gasteiger partial charge < -0.3 is 14.6 Å². The van der Waals surface area contributed by atoms with E-state index in [0.29, 0.717) is 24.0 Å². The van der Waals surface area contributed by atoms with Crippen LogP contribution in [0.1, 0.15) is 33.6 Å². The fraction of sp³-hybridized carbons (Fsp3) is 0.529. The van der Waals surface area contributed by atoms with Crippen molar-refractivity contribution >= 4 is 11.9 Å². The lowest BCUT2D eigenvalue weighted by Gasteiger charge is -2.27. The maximum Gasteiger partial charge on any atom is 0.334 e. The van der Waals surface area contributed by atoms with Gasteiger partial charge in [0.1, 0.15) is 12.2 Å². The van der Waals surface area contributed by atoms with E-state index in [0.717, 1.165) is 5.57 Å². The Balaban J connectivity index is 2.44. The molecule has 5 nitrogen and oxygen atoms in total. The highest BCUT2D eigenvalue weighted by atomic mass is 16.6. The molecule has 2 rings (SSSR count). The van der Waals surface area contributed by atoms with Crippen molar-refractivity contribution < 1.29 is 24.2 Å². The minimum atomic E-state index is -0.665. The van der Waals surface area contributed by atoms with Crippen LogP contribution in [0.5, 0.6) is 0 Å². The summed E-state index contributed by atoms with van der Waals surface area (Å²) in [5.74, 6) is -1.33. The average Bonchev–Trinajstić information content (AvgIpc) is 2.69. The topological polar surface area (TPSA) is 72.8 Å². The Morgan fingerprint density at radius 1 is 1.45 bits per heavy atom. The molecule has 1 aliphatic heterocycles. The van der Waals surface area contributed by atoms with Crippen molar-refractivity contribution in [2.75, 3.05) is 0 Å². The summed E-state index contributed by atoms with van der Waals surface area (Å²) >= 11 is 0. The van der Waals surface area contributed by atoms with Crippen LogP contribution in [-0.2, 0) is 19.1 Å². The van der Waals surface area contributed by atoms with Crippen LogP contribution in [0.25, 0.3) is 0 Å². The molecule has 0 spiro atoms. The standard InChI is InChI=1S/C17H22O5/c1-9-5-6-13(19)10(2)8-15(21-12(4)18)16-11(3)17(20)22-14(16)7-9/h5,8,13-16,19H,3,6-7H2,1-2,4H3/t13-,14-,15+,16+/m0/s1. The monoisotopic (exact) mass is 306 g/mol. The third-order valence-electron chi connectivity index (χ3n) is 4.15. The summed E-state index contributed by atoms with van der Waals surface area (Å²) in [6.07, 6.45) is 2.95. The van der Waals surface area contributed by atoms with Crippen LogP contribution < -0.4 is 0 Å². The van der Waals surface area contributed by atoms with Crippen molar-refractivity contribution in [3.8, 4) is 0 Å². The predicted octanol–water partition coefficient (Wildman–Crippen LogP) is 2.06. The zero-order valence-electron chi connectivity index (χ0n) is 13.2. The van der Waals surface area contributed by atoms with Crippen molar-refractivity contribution in [2.45, 2.75) is 51.9 Å². The first-order valence-electron chi connectivity index (χ1n) is 7.38. The van der Waals surface area contributed by atoms with Crippen LogP contribution in [0.15, 0.2) is 35.5 Å². The second-order valence-electron chi connectivity index (χ2n) is 5.99. The SMILES string of the molecule is C=C1C(=O)O[C@H]2CC(C)=CC[C@H](O)C(C)=C[C@@H](OC(C)=O)[C@H]12. The maximum atomic E-state index is 11.9. The van der Waals surface area contributed by atoms with Gasteiger partial charge in [0.25, 0.3) is 0 Å². The summed E-state index contributed by atoms with van der Waals surface area (Å²) in [5.41, 5.74) is 2.03. The lowest BCUT2D eigenvalue weighted by atomic mass is 9.85. The summed E-state index contributed by atoms with van der Waals surface area (Å²) in [6.45, 7) is 8.82. The predicted molar refractivity (Wildman–Crippen MR) is 80.8 cm³/mol. The Labute approximate surface area is 130 Å². The van der Waals surface area contributed by atoms with Gasteiger partial charge in [0.15, 0.2) is 0 Å². The molecule has 22 heavy (non-hydrogen) atoms. The molecule has 1 heterocycles. The van der Waals surface area contributed by atoms with Gasteiger partial charge in [-0.2, -0.15) is 0 Å². The molecule has 0 unspecified atom stereocenters. The van der Waals surface area contributed by atoms with Crippen LogP contribution in [-0.4, -0.2) is 35.4 Å². The molecule has 1 aliphatic carbocycles. The van der Waals surface area contributed by atoms with E-state index < -0.39 is 36.2 Å². The van der Waals surface area contributed by atoms with E-state index in [2.05, 4.69) is 6.58 Å². The molecular formula is C17H22O5. The van der Waals surface area contributed by atoms with Gasteiger partial charge in [-0.3, -0.25) is 4.79 Å². The number of hydrogen-bond acceptors (Lipinski definition) is 5. The van der Waals surface area contributed by atoms with Gasteiger partial charge in [-0.15, -0.1) is 0 Å². The molecule has 120 valence electrons. The Morgan fingerprint density at radius 2 is 2.14 bits per heavy atom. The Hall–Kier alpha value is -1.88. The molecular weight excluding hydrogens is 284 g/mol. The zero-order valence-corrected chi connectivity index (χ0v) is 13.2. The van der Waals surface area contributed by atoms with Gasteiger partial charge in [-0.1, -0.05) is 18.2 Å². The average molecular weight is 306 g/mol. The number of aliphatic hydroxyl groups is 1. The number of fused-ring (bicyclic) bond motifs is 1. The van der Waals surface area contributed by atoms with Crippen molar-refractivity contribution in [3.05, 3.63) is 35.5 Å². The lowest BCUT2D eigenvalue weighted by molar-refractivity contribution is -0.147. The summed E-state index contributed by atoms with van der Waals surface area (Å²) in [7, 11) is 0. The first kappa shape index (κ1) is 16.5. The quantitative estimate of drug-likeness (QED) is 0.456. The molecule has 0 aromatic carbocycles. The molecule has 2 aliphatic rings. The summed E-state index contributed by atoms with van der Waals surface area (Å²) in [4.78, 5) is 23.3. The van der Waals surface area contributed by atoms with Crippen LogP contribution in [0.3, 0.4) is 0 Å². The minimum absolute atomic E-state index is 0.308. The molecule has 0 bridgehead atoms. The highest BCUT2D eigenvalue weighted by molar-refractivity contribution is 5.91. The summed E-state index contributed by atoms with van der Waals surface area (Å²) < 4.78 is 10.8. The molecule has 0 saturated carbocycles. The Kier molecular flexibility index (Phi) is 4.86.